The topological polar surface area (TPSA) is 127 Å². The molecule has 1 N–H and O–H groups in total. The maximum absolute atomic E-state index is 12.7. The number of carbonyl (C=O) groups excluding carboxylic acids is 3. The third-order valence-electron chi connectivity index (χ3n) is 4.79. The molecule has 0 fully saturated rings. The van der Waals surface area contributed by atoms with E-state index in [2.05, 4.69) is 10.4 Å². The molecule has 1 atom stereocenters. The van der Waals surface area contributed by atoms with Crippen molar-refractivity contribution in [2.45, 2.75) is 25.3 Å². The van der Waals surface area contributed by atoms with E-state index in [0.717, 1.165) is 0 Å². The number of hydrazone groups is 1. The third kappa shape index (κ3) is 4.97. The summed E-state index contributed by atoms with van der Waals surface area (Å²) in [6, 6.07) is 9.69. The van der Waals surface area contributed by atoms with E-state index in [1.165, 1.54) is 23.8 Å². The molecular weight excluding hydrogens is 418 g/mol. The minimum atomic E-state index is -0.547. The van der Waals surface area contributed by atoms with Crippen molar-refractivity contribution < 1.29 is 32.4 Å². The lowest BCUT2D eigenvalue weighted by Crippen LogP contribution is -2.31. The van der Waals surface area contributed by atoms with Crippen LogP contribution in [-0.2, 0) is 14.3 Å². The maximum atomic E-state index is 12.7. The van der Waals surface area contributed by atoms with Gasteiger partial charge in [0.15, 0.2) is 12.4 Å². The van der Waals surface area contributed by atoms with Gasteiger partial charge in [-0.2, -0.15) is 5.10 Å². The van der Waals surface area contributed by atoms with Gasteiger partial charge in [0.25, 0.3) is 11.8 Å². The van der Waals surface area contributed by atoms with Crippen molar-refractivity contribution in [3.05, 3.63) is 72.5 Å². The Morgan fingerprint density at radius 1 is 1.06 bits per heavy atom. The zero-order valence-electron chi connectivity index (χ0n) is 17.1. The molecule has 0 saturated heterocycles. The van der Waals surface area contributed by atoms with Crippen LogP contribution < -0.4 is 5.32 Å². The third-order valence-corrected chi connectivity index (χ3v) is 4.79. The van der Waals surface area contributed by atoms with Gasteiger partial charge in [-0.05, 0) is 42.8 Å². The van der Waals surface area contributed by atoms with E-state index in [0.29, 0.717) is 30.1 Å². The molecule has 32 heavy (non-hydrogen) atoms. The molecule has 1 aliphatic rings. The smallest absolute Gasteiger partial charge is 0.306 e. The van der Waals surface area contributed by atoms with Crippen LogP contribution in [-0.4, -0.2) is 41.7 Å². The van der Waals surface area contributed by atoms with E-state index in [1.54, 1.807) is 36.4 Å². The fourth-order valence-corrected chi connectivity index (χ4v) is 3.24. The Hall–Kier alpha value is -4.08. The first-order chi connectivity index (χ1) is 15.6. The minimum absolute atomic E-state index is 0.0498. The van der Waals surface area contributed by atoms with Crippen LogP contribution >= 0.6 is 0 Å². The molecule has 0 bridgehead atoms. The Kier molecular flexibility index (Phi) is 6.49. The highest BCUT2D eigenvalue weighted by molar-refractivity contribution is 6.01. The van der Waals surface area contributed by atoms with Gasteiger partial charge < -0.3 is 23.3 Å². The Balaban J connectivity index is 1.26. The number of rotatable bonds is 9. The number of furan rings is 3. The predicted octanol–water partition coefficient (Wildman–Crippen LogP) is 2.90. The quantitative estimate of drug-likeness (QED) is 0.401. The Bertz CT molecular complexity index is 1070. The van der Waals surface area contributed by atoms with Crippen molar-refractivity contribution in [3.63, 3.8) is 0 Å². The van der Waals surface area contributed by atoms with Gasteiger partial charge in [0.05, 0.1) is 18.8 Å². The van der Waals surface area contributed by atoms with Gasteiger partial charge in [-0.25, -0.2) is 5.01 Å². The van der Waals surface area contributed by atoms with Crippen LogP contribution in [0.15, 0.2) is 73.5 Å². The second kappa shape index (κ2) is 9.82. The van der Waals surface area contributed by atoms with E-state index < -0.39 is 24.5 Å². The summed E-state index contributed by atoms with van der Waals surface area (Å²) in [7, 11) is 0. The average Bonchev–Trinajstić information content (AvgIpc) is 3.59. The molecule has 0 saturated carbocycles. The Morgan fingerprint density at radius 3 is 2.56 bits per heavy atom. The molecule has 4 rings (SSSR count). The van der Waals surface area contributed by atoms with Crippen molar-refractivity contribution in [3.8, 4) is 0 Å². The molecule has 10 nitrogen and oxygen atoms in total. The second-order valence-electron chi connectivity index (χ2n) is 7.00. The summed E-state index contributed by atoms with van der Waals surface area (Å²) in [4.78, 5) is 36.5. The molecule has 3 aromatic heterocycles. The number of nitrogens with zero attached hydrogens (tertiary/aromatic N) is 2. The number of hydrogen-bond acceptors (Lipinski definition) is 8. The van der Waals surface area contributed by atoms with E-state index in [9.17, 15) is 14.4 Å². The number of hydrogen-bond donors (Lipinski definition) is 1. The number of ether oxygens (including phenoxy) is 1. The summed E-state index contributed by atoms with van der Waals surface area (Å²) in [6.07, 6.45) is 5.28. The van der Waals surface area contributed by atoms with Gasteiger partial charge in [0.2, 0.25) is 0 Å². The Labute approximate surface area is 182 Å². The van der Waals surface area contributed by atoms with E-state index in [1.807, 2.05) is 0 Å². The first-order valence-corrected chi connectivity index (χ1v) is 10.1. The highest BCUT2D eigenvalue weighted by atomic mass is 16.5. The molecular formula is C22H21N3O7. The van der Waals surface area contributed by atoms with Crippen molar-refractivity contribution in [2.75, 3.05) is 13.2 Å². The van der Waals surface area contributed by atoms with Gasteiger partial charge in [0, 0.05) is 19.4 Å². The lowest BCUT2D eigenvalue weighted by atomic mass is 10.1. The summed E-state index contributed by atoms with van der Waals surface area (Å²) >= 11 is 0. The highest BCUT2D eigenvalue weighted by Crippen LogP contribution is 2.33. The average molecular weight is 439 g/mol. The number of nitrogens with one attached hydrogen (secondary N) is 1. The van der Waals surface area contributed by atoms with Gasteiger partial charge in [-0.15, -0.1) is 0 Å². The molecule has 2 amide bonds. The van der Waals surface area contributed by atoms with Crippen molar-refractivity contribution in [1.29, 1.82) is 0 Å². The van der Waals surface area contributed by atoms with Crippen LogP contribution in [0.4, 0.5) is 0 Å². The van der Waals surface area contributed by atoms with Crippen molar-refractivity contribution >= 4 is 23.5 Å². The monoisotopic (exact) mass is 439 g/mol. The largest absolute Gasteiger partial charge is 0.467 e. The summed E-state index contributed by atoms with van der Waals surface area (Å²) in [5.41, 5.74) is 0.600. The Morgan fingerprint density at radius 2 is 1.84 bits per heavy atom. The molecule has 0 radical (unpaired) electrons. The zero-order valence-corrected chi connectivity index (χ0v) is 17.1. The normalized spacial score (nSPS) is 15.4. The number of carbonyl (C=O) groups is 3. The van der Waals surface area contributed by atoms with Crippen LogP contribution in [0.1, 0.15) is 47.4 Å². The van der Waals surface area contributed by atoms with Crippen LogP contribution in [0.5, 0.6) is 0 Å². The van der Waals surface area contributed by atoms with Crippen LogP contribution in [0.2, 0.25) is 0 Å². The minimum Gasteiger partial charge on any atom is -0.467 e. The molecule has 1 unspecified atom stereocenters. The molecule has 166 valence electrons. The summed E-state index contributed by atoms with van der Waals surface area (Å²) in [5, 5.41) is 8.26. The molecule has 0 spiro atoms. The molecule has 4 heterocycles. The van der Waals surface area contributed by atoms with Gasteiger partial charge in [-0.3, -0.25) is 14.4 Å². The van der Waals surface area contributed by atoms with Gasteiger partial charge in [0.1, 0.15) is 23.3 Å². The second-order valence-corrected chi connectivity index (χ2v) is 7.00. The molecule has 3 aromatic rings. The fourth-order valence-electron chi connectivity index (χ4n) is 3.24. The summed E-state index contributed by atoms with van der Waals surface area (Å²) < 4.78 is 20.9. The van der Waals surface area contributed by atoms with E-state index in [4.69, 9.17) is 18.0 Å². The van der Waals surface area contributed by atoms with Crippen LogP contribution in [0, 0.1) is 0 Å². The lowest BCUT2D eigenvalue weighted by molar-refractivity contribution is -0.153. The van der Waals surface area contributed by atoms with Crippen LogP contribution in [0.3, 0.4) is 0 Å². The highest BCUT2D eigenvalue weighted by Gasteiger charge is 2.36. The fraction of sp³-hybridized carbons (Fsp3) is 0.273. The molecule has 0 aromatic carbocycles. The SMILES string of the molecule is O=C(CCCNC(=O)c1ccco1)OCC(=O)N1N=C(c2ccco2)CC1c1ccco1. The maximum Gasteiger partial charge on any atom is 0.306 e. The standard InChI is InChI=1S/C22H21N3O7/c26-20(14-32-21(27)8-1-9-23-22(28)19-7-4-12-31-19)25-16(18-6-3-11-30-18)13-15(24-25)17-5-2-10-29-17/h2-7,10-12,16H,1,8-9,13-14H2,(H,23,28). The zero-order chi connectivity index (χ0) is 22.3. The summed E-state index contributed by atoms with van der Waals surface area (Å²) in [5.74, 6) is -0.0547. The predicted molar refractivity (Wildman–Crippen MR) is 109 cm³/mol. The van der Waals surface area contributed by atoms with Gasteiger partial charge in [-0.1, -0.05) is 0 Å². The number of esters is 1. The van der Waals surface area contributed by atoms with Crippen molar-refractivity contribution in [1.82, 2.24) is 10.3 Å². The molecule has 10 heteroatoms. The van der Waals surface area contributed by atoms with E-state index in [-0.39, 0.29) is 24.6 Å². The summed E-state index contributed by atoms with van der Waals surface area (Å²) in [6.45, 7) is -0.185. The van der Waals surface area contributed by atoms with Gasteiger partial charge >= 0.3 is 5.97 Å². The molecule has 0 aliphatic carbocycles. The number of amides is 2. The first kappa shape index (κ1) is 21.2. The van der Waals surface area contributed by atoms with Crippen LogP contribution in [0.25, 0.3) is 0 Å². The van der Waals surface area contributed by atoms with Crippen molar-refractivity contribution in [2.24, 2.45) is 5.10 Å². The van der Waals surface area contributed by atoms with E-state index >= 15 is 0 Å². The lowest BCUT2D eigenvalue weighted by Gasteiger charge is -2.19. The first-order valence-electron chi connectivity index (χ1n) is 10.1. The molecule has 1 aliphatic heterocycles.